The van der Waals surface area contributed by atoms with Gasteiger partial charge in [-0.1, -0.05) is 116 Å². The Labute approximate surface area is 348 Å². The zero-order valence-electron chi connectivity index (χ0n) is 33.2. The average Bonchev–Trinajstić information content (AvgIpc) is 3.31. The van der Waals surface area contributed by atoms with Crippen molar-refractivity contribution in [2.75, 3.05) is 19.6 Å². The van der Waals surface area contributed by atoms with Crippen LogP contribution in [0.25, 0.3) is 0 Å². The number of allylic oxidation sites excluding steroid dienone is 4. The van der Waals surface area contributed by atoms with Crippen LogP contribution in [0.1, 0.15) is 6.92 Å². The third-order valence-corrected chi connectivity index (χ3v) is 10.1. The molecule has 0 fully saturated rings. The van der Waals surface area contributed by atoms with Crippen LogP contribution < -0.4 is 19.6 Å². The lowest BCUT2D eigenvalue weighted by atomic mass is 10.1. The minimum Gasteiger partial charge on any atom is -0.315 e. The fourth-order valence-corrected chi connectivity index (χ4v) is 7.38. The van der Waals surface area contributed by atoms with E-state index in [2.05, 4.69) is 264 Å². The van der Waals surface area contributed by atoms with Crippen LogP contribution in [0.15, 0.2) is 267 Å². The van der Waals surface area contributed by atoms with Crippen molar-refractivity contribution in [2.24, 2.45) is 0 Å². The Balaban J connectivity index is 1.21. The molecule has 4 heteroatoms. The Kier molecular flexibility index (Phi) is 11.9. The van der Waals surface area contributed by atoms with Gasteiger partial charge >= 0.3 is 0 Å². The third kappa shape index (κ3) is 8.78. The fraction of sp³-hybridized carbons (Fsp3) is 0.0182. The molecule has 8 aromatic rings. The van der Waals surface area contributed by atoms with Gasteiger partial charge in [0.15, 0.2) is 0 Å². The van der Waals surface area contributed by atoms with Crippen molar-refractivity contribution in [1.82, 2.24) is 0 Å². The topological polar surface area (TPSA) is 13.0 Å². The van der Waals surface area contributed by atoms with Crippen LogP contribution >= 0.6 is 0 Å². The molecule has 0 radical (unpaired) electrons. The van der Waals surface area contributed by atoms with Crippen molar-refractivity contribution < 1.29 is 0 Å². The molecule has 0 unspecified atom stereocenters. The van der Waals surface area contributed by atoms with Gasteiger partial charge in [0, 0.05) is 68.3 Å². The predicted molar refractivity (Wildman–Crippen MR) is 251 cm³/mol. The highest BCUT2D eigenvalue weighted by molar-refractivity contribution is 5.81. The second-order valence-corrected chi connectivity index (χ2v) is 14.0. The van der Waals surface area contributed by atoms with E-state index in [-0.39, 0.29) is 0 Å². The quantitative estimate of drug-likeness (QED) is 0.102. The van der Waals surface area contributed by atoms with Gasteiger partial charge in [-0.3, -0.25) is 0 Å². The van der Waals surface area contributed by atoms with Gasteiger partial charge in [-0.05, 0) is 146 Å². The number of hydrogen-bond donors (Lipinski definition) is 0. The Bertz CT molecular complexity index is 2350. The molecule has 0 spiro atoms. The molecule has 59 heavy (non-hydrogen) atoms. The van der Waals surface area contributed by atoms with Gasteiger partial charge in [0.1, 0.15) is 0 Å². The summed E-state index contributed by atoms with van der Waals surface area (Å²) >= 11 is 0. The summed E-state index contributed by atoms with van der Waals surface area (Å²) in [4.78, 5) is 9.11. The summed E-state index contributed by atoms with van der Waals surface area (Å²) in [5.74, 6) is 0. The minimum atomic E-state index is 0.954. The van der Waals surface area contributed by atoms with E-state index in [4.69, 9.17) is 0 Å². The van der Waals surface area contributed by atoms with Crippen LogP contribution in [0.2, 0.25) is 0 Å². The Hall–Kier alpha value is -7.82. The van der Waals surface area contributed by atoms with E-state index in [1.54, 1.807) is 0 Å². The first-order valence-corrected chi connectivity index (χ1v) is 19.9. The maximum Gasteiger partial charge on any atom is 0.0463 e. The van der Waals surface area contributed by atoms with Crippen LogP contribution in [-0.2, 0) is 0 Å². The molecule has 4 nitrogen and oxygen atoms in total. The normalized spacial score (nSPS) is 11.4. The number of nitrogens with zero attached hydrogens (tertiary/aromatic N) is 4. The van der Waals surface area contributed by atoms with E-state index in [9.17, 15) is 0 Å². The summed E-state index contributed by atoms with van der Waals surface area (Å²) in [7, 11) is 0. The summed E-state index contributed by atoms with van der Waals surface area (Å²) < 4.78 is 0. The zero-order valence-corrected chi connectivity index (χ0v) is 33.2. The summed E-state index contributed by atoms with van der Waals surface area (Å²) in [6.45, 7) is 6.42. The molecular formula is C55H46N4. The third-order valence-electron chi connectivity index (χ3n) is 10.1. The highest BCUT2D eigenvalue weighted by Crippen LogP contribution is 2.40. The maximum absolute atomic E-state index is 4.26. The van der Waals surface area contributed by atoms with Crippen LogP contribution in [0.4, 0.5) is 56.9 Å². The molecule has 0 aromatic heterocycles. The van der Waals surface area contributed by atoms with E-state index < -0.39 is 0 Å². The highest BCUT2D eigenvalue weighted by atomic mass is 15.2. The van der Waals surface area contributed by atoms with Gasteiger partial charge in [0.25, 0.3) is 0 Å². The number of benzene rings is 8. The number of rotatable bonds is 14. The molecule has 8 aromatic carbocycles. The zero-order chi connectivity index (χ0) is 40.2. The smallest absolute Gasteiger partial charge is 0.0463 e. The van der Waals surface area contributed by atoms with Gasteiger partial charge in [-0.15, -0.1) is 0 Å². The predicted octanol–water partition coefficient (Wildman–Crippen LogP) is 15.6. The molecule has 0 aliphatic heterocycles. The second kappa shape index (κ2) is 18.4. The highest BCUT2D eigenvalue weighted by Gasteiger charge is 2.18. The molecule has 0 atom stereocenters. The molecule has 0 amide bonds. The van der Waals surface area contributed by atoms with Crippen molar-refractivity contribution in [2.45, 2.75) is 6.92 Å². The van der Waals surface area contributed by atoms with Gasteiger partial charge in [0.2, 0.25) is 0 Å². The average molecular weight is 763 g/mol. The maximum atomic E-state index is 4.26. The lowest BCUT2D eigenvalue weighted by molar-refractivity contribution is 1.14. The molecule has 0 saturated carbocycles. The van der Waals surface area contributed by atoms with Crippen molar-refractivity contribution in [1.29, 1.82) is 0 Å². The molecule has 0 aliphatic rings. The number of hydrogen-bond acceptors (Lipinski definition) is 4. The number of anilines is 10. The SMILES string of the molecule is C=C/C(=C\C=C(/C)N(c1ccc(N(c2ccccc2)c2ccccc2)cc1)c1ccc(N(c2ccccc2)c2ccccc2)cc1)N(c1ccccc1)c1ccccc1. The van der Waals surface area contributed by atoms with Gasteiger partial charge in [0.05, 0.1) is 0 Å². The lowest BCUT2D eigenvalue weighted by Gasteiger charge is -2.30. The van der Waals surface area contributed by atoms with Crippen molar-refractivity contribution in [3.63, 3.8) is 0 Å². The Morgan fingerprint density at radius 1 is 0.305 bits per heavy atom. The standard InChI is InChI=1S/C55H46N4/c1-3-45(57(46-22-10-4-11-23-46)47-24-12-5-13-25-47)35-34-44(2)56(52-36-40-54(41-37-52)58(48-26-14-6-15-27-48)49-28-16-7-17-29-49)53-38-42-55(43-39-53)59(50-30-18-8-19-31-50)51-32-20-9-21-33-51/h3-43H,1H2,2H3/b44-34+,45-35+. The first-order valence-electron chi connectivity index (χ1n) is 19.9. The van der Waals surface area contributed by atoms with Crippen LogP contribution in [-0.4, -0.2) is 0 Å². The van der Waals surface area contributed by atoms with Crippen molar-refractivity contribution >= 4 is 56.9 Å². The minimum absolute atomic E-state index is 0.954. The molecule has 0 heterocycles. The summed E-state index contributed by atoms with van der Waals surface area (Å²) in [6, 6.07) is 80.5. The van der Waals surface area contributed by atoms with Crippen molar-refractivity contribution in [3.05, 3.63) is 267 Å². The molecule has 286 valence electrons. The molecule has 0 saturated heterocycles. The first-order chi connectivity index (χ1) is 29.2. The van der Waals surface area contributed by atoms with Gasteiger partial charge in [-0.2, -0.15) is 0 Å². The largest absolute Gasteiger partial charge is 0.315 e. The summed E-state index contributed by atoms with van der Waals surface area (Å²) in [5.41, 5.74) is 12.7. The molecule has 0 bridgehead atoms. The molecule has 0 aliphatic carbocycles. The first kappa shape index (κ1) is 38.1. The van der Waals surface area contributed by atoms with Crippen LogP contribution in [0.3, 0.4) is 0 Å². The molecular weight excluding hydrogens is 717 g/mol. The van der Waals surface area contributed by atoms with Crippen LogP contribution in [0, 0.1) is 0 Å². The molecule has 0 N–H and O–H groups in total. The fourth-order valence-electron chi connectivity index (χ4n) is 7.38. The van der Waals surface area contributed by atoms with Crippen LogP contribution in [0.5, 0.6) is 0 Å². The van der Waals surface area contributed by atoms with Crippen molar-refractivity contribution in [3.8, 4) is 0 Å². The Morgan fingerprint density at radius 2 is 0.542 bits per heavy atom. The lowest BCUT2D eigenvalue weighted by Crippen LogP contribution is -2.17. The van der Waals surface area contributed by atoms with E-state index >= 15 is 0 Å². The summed E-state index contributed by atoms with van der Waals surface area (Å²) in [6.07, 6.45) is 6.25. The van der Waals surface area contributed by atoms with Gasteiger partial charge in [-0.25, -0.2) is 0 Å². The van der Waals surface area contributed by atoms with E-state index in [0.717, 1.165) is 68.3 Å². The van der Waals surface area contributed by atoms with E-state index in [1.807, 2.05) is 18.2 Å². The number of para-hydroxylation sites is 6. The van der Waals surface area contributed by atoms with E-state index in [1.165, 1.54) is 0 Å². The second-order valence-electron chi connectivity index (χ2n) is 14.0. The monoisotopic (exact) mass is 762 g/mol. The summed E-state index contributed by atoms with van der Waals surface area (Å²) in [5, 5.41) is 0. The Morgan fingerprint density at radius 3 is 0.831 bits per heavy atom. The van der Waals surface area contributed by atoms with E-state index in [0.29, 0.717) is 0 Å². The van der Waals surface area contributed by atoms with Gasteiger partial charge < -0.3 is 19.6 Å². The molecule has 8 rings (SSSR count).